The zero-order valence-electron chi connectivity index (χ0n) is 7.96. The van der Waals surface area contributed by atoms with Crippen LogP contribution in [0.25, 0.3) is 0 Å². The number of aliphatic hydroxyl groups excluding tert-OH is 1. The minimum Gasteiger partial charge on any atom is -0.490 e. The zero-order chi connectivity index (χ0) is 11.1. The zero-order valence-corrected chi connectivity index (χ0v) is 9.55. The minimum absolute atomic E-state index is 0.146. The van der Waals surface area contributed by atoms with Crippen molar-refractivity contribution in [3.63, 3.8) is 0 Å². The van der Waals surface area contributed by atoms with Crippen molar-refractivity contribution in [2.75, 3.05) is 13.2 Å². The fourth-order valence-corrected chi connectivity index (χ4v) is 2.01. The third-order valence-corrected chi connectivity index (χ3v) is 3.28. The van der Waals surface area contributed by atoms with Crippen molar-refractivity contribution in [2.45, 2.75) is 12.0 Å². The van der Waals surface area contributed by atoms with Gasteiger partial charge in [0.25, 0.3) is 0 Å². The Kier molecular flexibility index (Phi) is 2.70. The monoisotopic (exact) mass is 275 g/mol. The van der Waals surface area contributed by atoms with Gasteiger partial charge in [-0.25, -0.2) is 4.39 Å². The van der Waals surface area contributed by atoms with Gasteiger partial charge in [0.1, 0.15) is 0 Å². The summed E-state index contributed by atoms with van der Waals surface area (Å²) >= 11 is 3.08. The van der Waals surface area contributed by atoms with E-state index in [-0.39, 0.29) is 12.4 Å². The lowest BCUT2D eigenvalue weighted by molar-refractivity contribution is 0.135. The number of fused-ring (bicyclic) bond motifs is 1. The molecule has 0 spiro atoms. The summed E-state index contributed by atoms with van der Waals surface area (Å²) in [5.41, 5.74) is 5.61. The predicted octanol–water partition coefficient (Wildman–Crippen LogP) is 1.52. The minimum atomic E-state index is -0.894. The van der Waals surface area contributed by atoms with E-state index in [2.05, 4.69) is 15.9 Å². The SMILES string of the molecule is NC1(CO)CCOc2c1ccc(Br)c2F. The first kappa shape index (κ1) is 10.9. The summed E-state index contributed by atoms with van der Waals surface area (Å²) < 4.78 is 19.2. The molecule has 15 heavy (non-hydrogen) atoms. The molecular formula is C10H11BrFNO2. The van der Waals surface area contributed by atoms with Gasteiger partial charge in [-0.05, 0) is 22.0 Å². The van der Waals surface area contributed by atoms with Gasteiger partial charge in [0.15, 0.2) is 11.6 Å². The average molecular weight is 276 g/mol. The van der Waals surface area contributed by atoms with Crippen LogP contribution in [-0.4, -0.2) is 18.3 Å². The maximum absolute atomic E-state index is 13.7. The number of benzene rings is 1. The Morgan fingerprint density at radius 3 is 3.00 bits per heavy atom. The van der Waals surface area contributed by atoms with Crippen molar-refractivity contribution in [3.8, 4) is 5.75 Å². The van der Waals surface area contributed by atoms with E-state index in [1.165, 1.54) is 0 Å². The van der Waals surface area contributed by atoms with Crippen molar-refractivity contribution >= 4 is 15.9 Å². The van der Waals surface area contributed by atoms with Crippen LogP contribution in [0.1, 0.15) is 12.0 Å². The van der Waals surface area contributed by atoms with E-state index in [1.54, 1.807) is 12.1 Å². The standard InChI is InChI=1S/C10H11BrFNO2/c11-7-2-1-6-9(8(7)12)15-4-3-10(6,13)5-14/h1-2,14H,3-5,13H2. The predicted molar refractivity (Wildman–Crippen MR) is 57.2 cm³/mol. The number of ether oxygens (including phenoxy) is 1. The van der Waals surface area contributed by atoms with Crippen LogP contribution in [0.3, 0.4) is 0 Å². The summed E-state index contributed by atoms with van der Waals surface area (Å²) in [6.45, 7) is 0.0991. The van der Waals surface area contributed by atoms with Crippen LogP contribution >= 0.6 is 15.9 Å². The molecule has 1 aromatic rings. The van der Waals surface area contributed by atoms with Crippen LogP contribution in [0.5, 0.6) is 5.75 Å². The summed E-state index contributed by atoms with van der Waals surface area (Å²) in [6, 6.07) is 3.25. The molecule has 2 rings (SSSR count). The highest BCUT2D eigenvalue weighted by Gasteiger charge is 2.35. The lowest BCUT2D eigenvalue weighted by atomic mass is 9.86. The maximum Gasteiger partial charge on any atom is 0.179 e. The molecule has 1 atom stereocenters. The quantitative estimate of drug-likeness (QED) is 0.817. The first-order chi connectivity index (χ1) is 7.08. The van der Waals surface area contributed by atoms with Crippen LogP contribution in [0.2, 0.25) is 0 Å². The number of nitrogens with two attached hydrogens (primary N) is 1. The number of hydrogen-bond acceptors (Lipinski definition) is 3. The summed E-state index contributed by atoms with van der Waals surface area (Å²) in [7, 11) is 0. The third kappa shape index (κ3) is 1.64. The maximum atomic E-state index is 13.7. The Balaban J connectivity index is 2.59. The molecule has 1 aliphatic rings. The van der Waals surface area contributed by atoms with E-state index >= 15 is 0 Å². The molecule has 1 heterocycles. The molecule has 0 aromatic heterocycles. The second-order valence-electron chi connectivity index (χ2n) is 3.65. The number of rotatable bonds is 1. The van der Waals surface area contributed by atoms with Gasteiger partial charge in [0, 0.05) is 12.0 Å². The Labute approximate surface area is 95.2 Å². The summed E-state index contributed by atoms with van der Waals surface area (Å²) in [5, 5.41) is 9.24. The van der Waals surface area contributed by atoms with E-state index in [4.69, 9.17) is 10.5 Å². The van der Waals surface area contributed by atoms with E-state index in [1.807, 2.05) is 0 Å². The first-order valence-electron chi connectivity index (χ1n) is 4.59. The molecule has 0 saturated carbocycles. The molecular weight excluding hydrogens is 265 g/mol. The Hall–Kier alpha value is -0.650. The molecule has 0 bridgehead atoms. The largest absolute Gasteiger partial charge is 0.490 e. The first-order valence-corrected chi connectivity index (χ1v) is 5.39. The summed E-state index contributed by atoms with van der Waals surface area (Å²) in [5.74, 6) is -0.317. The van der Waals surface area contributed by atoms with Crippen molar-refractivity contribution in [1.29, 1.82) is 0 Å². The Morgan fingerprint density at radius 2 is 2.33 bits per heavy atom. The van der Waals surface area contributed by atoms with Crippen molar-refractivity contribution in [1.82, 2.24) is 0 Å². The van der Waals surface area contributed by atoms with Crippen molar-refractivity contribution in [3.05, 3.63) is 28.0 Å². The number of hydrogen-bond donors (Lipinski definition) is 2. The fourth-order valence-electron chi connectivity index (χ4n) is 1.70. The van der Waals surface area contributed by atoms with Gasteiger partial charge >= 0.3 is 0 Å². The molecule has 0 saturated heterocycles. The van der Waals surface area contributed by atoms with E-state index < -0.39 is 11.4 Å². The van der Waals surface area contributed by atoms with Gasteiger partial charge in [0.2, 0.25) is 0 Å². The lowest BCUT2D eigenvalue weighted by Gasteiger charge is -2.34. The van der Waals surface area contributed by atoms with Gasteiger partial charge in [-0.2, -0.15) is 0 Å². The molecule has 3 N–H and O–H groups in total. The van der Waals surface area contributed by atoms with Gasteiger partial charge in [-0.1, -0.05) is 6.07 Å². The highest BCUT2D eigenvalue weighted by atomic mass is 79.9. The van der Waals surface area contributed by atoms with Crippen LogP contribution in [0, 0.1) is 5.82 Å². The van der Waals surface area contributed by atoms with Gasteiger partial charge in [-0.3, -0.25) is 0 Å². The molecule has 1 unspecified atom stereocenters. The van der Waals surface area contributed by atoms with Crippen LogP contribution in [0.4, 0.5) is 4.39 Å². The Morgan fingerprint density at radius 1 is 1.60 bits per heavy atom. The summed E-state index contributed by atoms with van der Waals surface area (Å²) in [4.78, 5) is 0. The highest BCUT2D eigenvalue weighted by Crippen LogP contribution is 2.39. The molecule has 0 fully saturated rings. The Bertz CT molecular complexity index is 399. The van der Waals surface area contributed by atoms with E-state index in [0.29, 0.717) is 23.1 Å². The van der Waals surface area contributed by atoms with Gasteiger partial charge in [0.05, 0.1) is 23.2 Å². The highest BCUT2D eigenvalue weighted by molar-refractivity contribution is 9.10. The van der Waals surface area contributed by atoms with E-state index in [0.717, 1.165) is 0 Å². The smallest absolute Gasteiger partial charge is 0.179 e. The van der Waals surface area contributed by atoms with E-state index in [9.17, 15) is 9.50 Å². The molecule has 1 aromatic carbocycles. The van der Waals surface area contributed by atoms with Crippen LogP contribution in [-0.2, 0) is 5.54 Å². The van der Waals surface area contributed by atoms with Crippen LogP contribution < -0.4 is 10.5 Å². The third-order valence-electron chi connectivity index (χ3n) is 2.66. The number of aliphatic hydroxyl groups is 1. The molecule has 0 radical (unpaired) electrons. The molecule has 82 valence electrons. The molecule has 1 aliphatic heterocycles. The second kappa shape index (κ2) is 3.73. The van der Waals surface area contributed by atoms with Gasteiger partial charge < -0.3 is 15.6 Å². The summed E-state index contributed by atoms with van der Waals surface area (Å²) in [6.07, 6.45) is 0.484. The average Bonchev–Trinajstić information content (AvgIpc) is 2.24. The van der Waals surface area contributed by atoms with Gasteiger partial charge in [-0.15, -0.1) is 0 Å². The van der Waals surface area contributed by atoms with Crippen molar-refractivity contribution in [2.24, 2.45) is 5.73 Å². The molecule has 3 nitrogen and oxygen atoms in total. The van der Waals surface area contributed by atoms with Crippen molar-refractivity contribution < 1.29 is 14.2 Å². The molecule has 5 heteroatoms. The molecule has 0 aliphatic carbocycles. The lowest BCUT2D eigenvalue weighted by Crippen LogP contribution is -2.44. The topological polar surface area (TPSA) is 55.5 Å². The number of halogens is 2. The van der Waals surface area contributed by atoms with Crippen LogP contribution in [0.15, 0.2) is 16.6 Å². The normalized spacial score (nSPS) is 24.5. The fraction of sp³-hybridized carbons (Fsp3) is 0.400. The molecule has 0 amide bonds. The second-order valence-corrected chi connectivity index (χ2v) is 4.51.